The van der Waals surface area contributed by atoms with Crippen LogP contribution in [0, 0.1) is 0 Å². The Balaban J connectivity index is 0.000000187. The van der Waals surface area contributed by atoms with E-state index in [1.807, 2.05) is 0 Å². The third-order valence-electron chi connectivity index (χ3n) is 1.08. The van der Waals surface area contributed by atoms with Gasteiger partial charge in [0.25, 0.3) is 0 Å². The largest absolute Gasteiger partial charge is 0.471 e. The van der Waals surface area contributed by atoms with Crippen molar-refractivity contribution in [1.82, 2.24) is 0 Å². The molecule has 1 aliphatic rings. The molecule has 0 saturated carbocycles. The first-order valence-corrected chi connectivity index (χ1v) is 6.60. The van der Waals surface area contributed by atoms with E-state index in [0.29, 0.717) is 0 Å². The molecule has 1 rings (SSSR count). The Morgan fingerprint density at radius 1 is 1.33 bits per heavy atom. The van der Waals surface area contributed by atoms with Crippen molar-refractivity contribution in [3.8, 4) is 0 Å². The Labute approximate surface area is 65.3 Å². The molecule has 0 aromatic carbocycles. The van der Waals surface area contributed by atoms with E-state index in [9.17, 15) is 0 Å². The van der Waals surface area contributed by atoms with Crippen LogP contribution in [0.2, 0.25) is 6.04 Å². The van der Waals surface area contributed by atoms with Gasteiger partial charge in [-0.3, -0.25) is 0 Å². The first-order valence-electron chi connectivity index (χ1n) is 3.39. The monoisotopic (exact) mass is 180 g/mol. The molecule has 1 fully saturated rings. The van der Waals surface area contributed by atoms with Gasteiger partial charge in [-0.2, -0.15) is 0 Å². The molecule has 0 unspecified atom stereocenters. The molecule has 56 valence electrons. The van der Waals surface area contributed by atoms with Crippen molar-refractivity contribution in [3.63, 3.8) is 0 Å². The molecule has 0 aliphatic carbocycles. The molecule has 1 saturated heterocycles. The van der Waals surface area contributed by atoms with Gasteiger partial charge in [0.15, 0.2) is 9.76 Å². The molecule has 0 N–H and O–H groups in total. The van der Waals surface area contributed by atoms with Crippen LogP contribution in [0.15, 0.2) is 0 Å². The van der Waals surface area contributed by atoms with E-state index in [1.54, 1.807) is 0 Å². The summed E-state index contributed by atoms with van der Waals surface area (Å²) in [5.41, 5.74) is 0. The lowest BCUT2D eigenvalue weighted by Crippen LogP contribution is -2.06. The molecule has 0 spiro atoms. The van der Waals surface area contributed by atoms with Gasteiger partial charge < -0.3 is 8.54 Å². The maximum absolute atomic E-state index is 5.21. The third kappa shape index (κ3) is 8.57. The summed E-state index contributed by atoms with van der Waals surface area (Å²) in [6, 6.07) is 1.42. The molecule has 0 aromatic heterocycles. The summed E-state index contributed by atoms with van der Waals surface area (Å²) in [6.45, 7) is 1.06. The number of hydrogen-bond acceptors (Lipinski definition) is 2. The van der Waals surface area contributed by atoms with Crippen LogP contribution < -0.4 is 0 Å². The van der Waals surface area contributed by atoms with Gasteiger partial charge in [-0.1, -0.05) is 6.42 Å². The summed E-state index contributed by atoms with van der Waals surface area (Å²) < 4.78 is 9.74. The van der Waals surface area contributed by atoms with Crippen LogP contribution in [0.3, 0.4) is 0 Å². The predicted molar refractivity (Wildman–Crippen MR) is 49.5 cm³/mol. The van der Waals surface area contributed by atoms with E-state index in [1.165, 1.54) is 18.9 Å². The van der Waals surface area contributed by atoms with Gasteiger partial charge in [-0.25, -0.2) is 0 Å². The van der Waals surface area contributed by atoms with Gasteiger partial charge in [-0.15, -0.1) is 0 Å². The van der Waals surface area contributed by atoms with E-state index in [2.05, 4.69) is 4.12 Å². The van der Waals surface area contributed by atoms with Gasteiger partial charge in [0.05, 0.1) is 0 Å². The van der Waals surface area contributed by atoms with Crippen LogP contribution in [0.1, 0.15) is 12.8 Å². The summed E-state index contributed by atoms with van der Waals surface area (Å²) in [4.78, 5) is 0. The SMILES string of the molecule is C1CC[SiH2]OC1.[SiH3]O[SiH3]. The van der Waals surface area contributed by atoms with E-state index in [-0.39, 0.29) is 9.76 Å². The zero-order chi connectivity index (χ0) is 6.95. The molecule has 0 atom stereocenters. The predicted octanol–water partition coefficient (Wildman–Crippen LogP) is -2.14. The molecule has 0 amide bonds. The van der Waals surface area contributed by atoms with E-state index < -0.39 is 0 Å². The fraction of sp³-hybridized carbons (Fsp3) is 1.00. The smallest absolute Gasteiger partial charge is 0.161 e. The van der Waals surface area contributed by atoms with Crippen molar-refractivity contribution in [1.29, 1.82) is 0 Å². The molecular formula is C4H16O2Si3. The zero-order valence-electron chi connectivity index (χ0n) is 6.35. The Morgan fingerprint density at radius 2 is 2.00 bits per heavy atom. The van der Waals surface area contributed by atoms with Crippen molar-refractivity contribution < 1.29 is 8.54 Å². The molecule has 9 heavy (non-hydrogen) atoms. The van der Waals surface area contributed by atoms with E-state index in [0.717, 1.165) is 27.6 Å². The van der Waals surface area contributed by atoms with Gasteiger partial charge in [0.2, 0.25) is 0 Å². The van der Waals surface area contributed by atoms with Gasteiger partial charge in [0.1, 0.15) is 21.0 Å². The summed E-state index contributed by atoms with van der Waals surface area (Å²) in [7, 11) is 1.87. The lowest BCUT2D eigenvalue weighted by atomic mass is 10.4. The van der Waals surface area contributed by atoms with Crippen LogP contribution >= 0.6 is 0 Å². The lowest BCUT2D eigenvalue weighted by Gasteiger charge is -2.07. The highest BCUT2D eigenvalue weighted by Crippen LogP contribution is 2.01. The fourth-order valence-corrected chi connectivity index (χ4v) is 1.86. The normalized spacial score (nSPS) is 21.3. The second-order valence-corrected chi connectivity index (χ2v) is 6.87. The fourth-order valence-electron chi connectivity index (χ4n) is 0.687. The minimum Gasteiger partial charge on any atom is -0.471 e. The van der Waals surface area contributed by atoms with Crippen LogP contribution in [0.5, 0.6) is 0 Å². The maximum Gasteiger partial charge on any atom is 0.161 e. The number of rotatable bonds is 0. The minimum absolute atomic E-state index is 0.00849. The minimum atomic E-state index is 0.00849. The van der Waals surface area contributed by atoms with Crippen LogP contribution in [-0.4, -0.2) is 37.3 Å². The molecule has 0 bridgehead atoms. The van der Waals surface area contributed by atoms with Gasteiger partial charge in [-0.05, 0) is 12.5 Å². The summed E-state index contributed by atoms with van der Waals surface area (Å²) in [5, 5.41) is 0. The second kappa shape index (κ2) is 8.57. The first kappa shape index (κ1) is 9.57. The highest BCUT2D eigenvalue weighted by molar-refractivity contribution is 6.27. The zero-order valence-corrected chi connectivity index (χ0v) is 11.8. The Hall–Kier alpha value is 0.571. The lowest BCUT2D eigenvalue weighted by molar-refractivity contribution is 0.304. The van der Waals surface area contributed by atoms with Crippen LogP contribution in [-0.2, 0) is 8.54 Å². The van der Waals surface area contributed by atoms with Crippen molar-refractivity contribution in [2.75, 3.05) is 6.61 Å². The molecule has 2 nitrogen and oxygen atoms in total. The van der Waals surface area contributed by atoms with Crippen LogP contribution in [0.4, 0.5) is 0 Å². The van der Waals surface area contributed by atoms with Crippen molar-refractivity contribution in [2.24, 2.45) is 0 Å². The Bertz CT molecular complexity index is 37.6. The highest BCUT2D eigenvalue weighted by atomic mass is 28.3. The van der Waals surface area contributed by atoms with Crippen molar-refractivity contribution in [3.05, 3.63) is 0 Å². The summed E-state index contributed by atoms with van der Waals surface area (Å²) >= 11 is 0. The highest BCUT2D eigenvalue weighted by Gasteiger charge is 1.96. The standard InChI is InChI=1S/C4H10OSi.H6OSi2/c1-2-4-6-5-3-1;2-1-3/h1-4,6H2;2-3H3. The molecule has 1 aliphatic heterocycles. The third-order valence-corrected chi connectivity index (χ3v) is 2.44. The average molecular weight is 180 g/mol. The second-order valence-electron chi connectivity index (χ2n) is 2.08. The molecule has 5 heteroatoms. The van der Waals surface area contributed by atoms with E-state index in [4.69, 9.17) is 4.43 Å². The first-order chi connectivity index (χ1) is 4.41. The Kier molecular flexibility index (Phi) is 9.11. The van der Waals surface area contributed by atoms with E-state index >= 15 is 0 Å². The maximum atomic E-state index is 5.21. The average Bonchev–Trinajstić information content (AvgIpc) is 1.93. The number of hydrogen-bond donors (Lipinski definition) is 0. The summed E-state index contributed by atoms with van der Waals surface area (Å²) in [6.07, 6.45) is 2.75. The van der Waals surface area contributed by atoms with Crippen molar-refractivity contribution >= 4 is 30.7 Å². The molecule has 0 aromatic rings. The Morgan fingerprint density at radius 3 is 2.11 bits per heavy atom. The molecule has 1 heterocycles. The topological polar surface area (TPSA) is 18.5 Å². The van der Waals surface area contributed by atoms with Gasteiger partial charge in [0, 0.05) is 6.61 Å². The van der Waals surface area contributed by atoms with Crippen LogP contribution in [0.25, 0.3) is 0 Å². The van der Waals surface area contributed by atoms with Gasteiger partial charge >= 0.3 is 0 Å². The van der Waals surface area contributed by atoms with Crippen molar-refractivity contribution in [2.45, 2.75) is 18.9 Å². The summed E-state index contributed by atoms with van der Waals surface area (Å²) in [5.74, 6) is 0. The molecule has 0 radical (unpaired) electrons. The quantitative estimate of drug-likeness (QED) is 0.396. The molecular weight excluding hydrogens is 164 g/mol.